The number of amides is 1. The highest BCUT2D eigenvalue weighted by molar-refractivity contribution is 7.90. The van der Waals surface area contributed by atoms with Crippen LogP contribution in [0.25, 0.3) is 0 Å². The van der Waals surface area contributed by atoms with Crippen LogP contribution in [0.5, 0.6) is 0 Å². The number of hydrogen-bond donors (Lipinski definition) is 2. The van der Waals surface area contributed by atoms with Gasteiger partial charge in [0.2, 0.25) is 0 Å². The summed E-state index contributed by atoms with van der Waals surface area (Å²) in [4.78, 5) is 13.8. The molecule has 9 heteroatoms. The lowest BCUT2D eigenvalue weighted by atomic mass is 10.2. The highest BCUT2D eigenvalue weighted by Gasteiger charge is 2.28. The maximum Gasteiger partial charge on any atom is 0.258 e. The van der Waals surface area contributed by atoms with Gasteiger partial charge in [-0.3, -0.25) is 4.79 Å². The van der Waals surface area contributed by atoms with Crippen LogP contribution in [0.15, 0.2) is 0 Å². The maximum absolute atomic E-state index is 12.1. The quantitative estimate of drug-likeness (QED) is 0.770. The van der Waals surface area contributed by atoms with E-state index in [1.807, 2.05) is 0 Å². The number of nitrogens with one attached hydrogen (secondary N) is 1. The molecule has 0 spiro atoms. The number of aromatic nitrogens is 1. The SMILES string of the molecule is CN(CCS(C)(=O)=O)c1snc(N)c1C(=O)NC1CC1. The average molecular weight is 318 g/mol. The Bertz CT molecular complexity index is 607. The molecule has 7 nitrogen and oxygen atoms in total. The Morgan fingerprint density at radius 3 is 2.75 bits per heavy atom. The molecule has 0 aliphatic heterocycles. The second kappa shape index (κ2) is 5.57. The summed E-state index contributed by atoms with van der Waals surface area (Å²) in [6.45, 7) is 0.296. The molecule has 1 amide bonds. The van der Waals surface area contributed by atoms with E-state index in [9.17, 15) is 13.2 Å². The smallest absolute Gasteiger partial charge is 0.258 e. The number of carbonyl (C=O) groups is 1. The molecule has 1 heterocycles. The Kier molecular flexibility index (Phi) is 4.19. The lowest BCUT2D eigenvalue weighted by molar-refractivity contribution is 0.0952. The second-order valence-electron chi connectivity index (χ2n) is 5.05. The van der Waals surface area contributed by atoms with Crippen molar-refractivity contribution in [3.05, 3.63) is 5.56 Å². The van der Waals surface area contributed by atoms with Crippen molar-refractivity contribution in [1.82, 2.24) is 9.69 Å². The number of nitrogens with zero attached hydrogens (tertiary/aromatic N) is 2. The molecule has 1 aliphatic carbocycles. The summed E-state index contributed by atoms with van der Waals surface area (Å²) in [5.41, 5.74) is 6.10. The summed E-state index contributed by atoms with van der Waals surface area (Å²) in [5.74, 6) is -0.0281. The summed E-state index contributed by atoms with van der Waals surface area (Å²) in [5, 5.41) is 3.47. The van der Waals surface area contributed by atoms with Gasteiger partial charge in [0, 0.05) is 25.9 Å². The van der Waals surface area contributed by atoms with Crippen molar-refractivity contribution < 1.29 is 13.2 Å². The third-order valence-electron chi connectivity index (χ3n) is 2.98. The minimum Gasteiger partial charge on any atom is -0.382 e. The van der Waals surface area contributed by atoms with Crippen LogP contribution in [0, 0.1) is 0 Å². The van der Waals surface area contributed by atoms with E-state index in [-0.39, 0.29) is 23.5 Å². The maximum atomic E-state index is 12.1. The zero-order valence-electron chi connectivity index (χ0n) is 11.4. The van der Waals surface area contributed by atoms with E-state index in [0.29, 0.717) is 17.1 Å². The van der Waals surface area contributed by atoms with Crippen LogP contribution < -0.4 is 16.0 Å². The van der Waals surface area contributed by atoms with Crippen molar-refractivity contribution >= 4 is 38.1 Å². The Balaban J connectivity index is 2.12. The molecule has 3 N–H and O–H groups in total. The van der Waals surface area contributed by atoms with Gasteiger partial charge in [-0.2, -0.15) is 4.37 Å². The number of anilines is 2. The van der Waals surface area contributed by atoms with Gasteiger partial charge in [0.1, 0.15) is 20.4 Å². The number of rotatable bonds is 6. The molecule has 1 fully saturated rings. The highest BCUT2D eigenvalue weighted by atomic mass is 32.2. The fraction of sp³-hybridized carbons (Fsp3) is 0.636. The van der Waals surface area contributed by atoms with Crippen LogP contribution in [-0.2, 0) is 9.84 Å². The fourth-order valence-electron chi connectivity index (χ4n) is 1.66. The molecule has 0 aromatic carbocycles. The fourth-order valence-corrected chi connectivity index (χ4v) is 3.06. The molecule has 0 atom stereocenters. The molecule has 0 unspecified atom stereocenters. The van der Waals surface area contributed by atoms with Crippen molar-refractivity contribution in [2.24, 2.45) is 0 Å². The van der Waals surface area contributed by atoms with Gasteiger partial charge in [0.05, 0.1) is 5.75 Å². The largest absolute Gasteiger partial charge is 0.382 e. The van der Waals surface area contributed by atoms with E-state index in [1.54, 1.807) is 11.9 Å². The van der Waals surface area contributed by atoms with Gasteiger partial charge in [0.15, 0.2) is 5.82 Å². The first-order chi connectivity index (χ1) is 9.28. The van der Waals surface area contributed by atoms with Gasteiger partial charge in [0.25, 0.3) is 5.91 Å². The van der Waals surface area contributed by atoms with Gasteiger partial charge in [-0.1, -0.05) is 0 Å². The minimum absolute atomic E-state index is 0.0188. The van der Waals surface area contributed by atoms with Crippen molar-refractivity contribution in [3.8, 4) is 0 Å². The average Bonchev–Trinajstić information content (AvgIpc) is 3.05. The summed E-state index contributed by atoms with van der Waals surface area (Å²) in [7, 11) is -1.32. The first-order valence-electron chi connectivity index (χ1n) is 6.23. The highest BCUT2D eigenvalue weighted by Crippen LogP contribution is 2.30. The molecule has 112 valence electrons. The first-order valence-corrected chi connectivity index (χ1v) is 9.06. The van der Waals surface area contributed by atoms with Gasteiger partial charge in [-0.15, -0.1) is 0 Å². The molecule has 1 aliphatic rings. The number of nitrogen functional groups attached to an aromatic ring is 1. The van der Waals surface area contributed by atoms with Crippen LogP contribution in [0.1, 0.15) is 23.2 Å². The molecule has 0 radical (unpaired) electrons. The summed E-state index contributed by atoms with van der Waals surface area (Å²) in [6, 6.07) is 0.232. The molecular formula is C11H18N4O3S2. The number of nitrogens with two attached hydrogens (primary N) is 1. The topological polar surface area (TPSA) is 105 Å². The van der Waals surface area contributed by atoms with Crippen molar-refractivity contribution in [1.29, 1.82) is 0 Å². The van der Waals surface area contributed by atoms with Gasteiger partial charge < -0.3 is 16.0 Å². The summed E-state index contributed by atoms with van der Waals surface area (Å²) < 4.78 is 26.4. The van der Waals surface area contributed by atoms with E-state index < -0.39 is 9.84 Å². The Hall–Kier alpha value is -1.35. The van der Waals surface area contributed by atoms with E-state index in [1.165, 1.54) is 6.26 Å². The third-order valence-corrected chi connectivity index (χ3v) is 4.89. The number of hydrogen-bond acceptors (Lipinski definition) is 7. The molecule has 1 saturated carbocycles. The van der Waals surface area contributed by atoms with E-state index >= 15 is 0 Å². The lowest BCUT2D eigenvalue weighted by Gasteiger charge is -2.17. The van der Waals surface area contributed by atoms with Crippen LogP contribution in [0.2, 0.25) is 0 Å². The van der Waals surface area contributed by atoms with Crippen molar-refractivity contribution in [2.45, 2.75) is 18.9 Å². The third kappa shape index (κ3) is 3.83. The molecule has 20 heavy (non-hydrogen) atoms. The zero-order valence-corrected chi connectivity index (χ0v) is 13.1. The van der Waals surface area contributed by atoms with Crippen molar-refractivity contribution in [3.63, 3.8) is 0 Å². The molecule has 1 aromatic heterocycles. The Labute approximate surface area is 122 Å². The van der Waals surface area contributed by atoms with Crippen LogP contribution in [0.3, 0.4) is 0 Å². The Morgan fingerprint density at radius 1 is 1.55 bits per heavy atom. The first kappa shape index (κ1) is 15.0. The standard InChI is InChI=1S/C11H18N4O3S2/c1-15(5-6-20(2,17)18)11-8(9(12)14-19-11)10(16)13-7-3-4-7/h7H,3-6H2,1-2H3,(H2,12,14)(H,13,16). The van der Waals surface area contributed by atoms with Crippen molar-refractivity contribution in [2.75, 3.05) is 36.2 Å². The number of sulfone groups is 1. The molecule has 1 aromatic rings. The van der Waals surface area contributed by atoms with Crippen LogP contribution in [0.4, 0.5) is 10.8 Å². The van der Waals surface area contributed by atoms with Gasteiger partial charge in [-0.05, 0) is 24.4 Å². The number of carbonyl (C=O) groups excluding carboxylic acids is 1. The molecular weight excluding hydrogens is 300 g/mol. The minimum atomic E-state index is -3.05. The predicted molar refractivity (Wildman–Crippen MR) is 80.0 cm³/mol. The predicted octanol–water partition coefficient (Wildman–Crippen LogP) is 0.0983. The molecule has 0 bridgehead atoms. The lowest BCUT2D eigenvalue weighted by Crippen LogP contribution is -2.30. The van der Waals surface area contributed by atoms with E-state index in [4.69, 9.17) is 5.73 Å². The van der Waals surface area contributed by atoms with E-state index in [0.717, 1.165) is 24.4 Å². The van der Waals surface area contributed by atoms with Gasteiger partial charge >= 0.3 is 0 Å². The normalized spacial score (nSPS) is 15.1. The van der Waals surface area contributed by atoms with E-state index in [2.05, 4.69) is 9.69 Å². The Morgan fingerprint density at radius 2 is 2.20 bits per heavy atom. The summed E-state index contributed by atoms with van der Waals surface area (Å²) in [6.07, 6.45) is 3.16. The monoisotopic (exact) mass is 318 g/mol. The molecule has 0 saturated heterocycles. The zero-order chi connectivity index (χ0) is 14.9. The van der Waals surface area contributed by atoms with Gasteiger partial charge in [-0.25, -0.2) is 8.42 Å². The molecule has 2 rings (SSSR count). The second-order valence-corrected chi connectivity index (χ2v) is 8.06. The van der Waals surface area contributed by atoms with Crippen LogP contribution in [-0.4, -0.2) is 50.3 Å². The van der Waals surface area contributed by atoms with Crippen LogP contribution >= 0.6 is 11.5 Å². The summed E-state index contributed by atoms with van der Waals surface area (Å²) >= 11 is 1.11.